The number of anilines is 2. The van der Waals surface area contributed by atoms with Crippen molar-refractivity contribution in [2.24, 2.45) is 0 Å². The van der Waals surface area contributed by atoms with E-state index in [2.05, 4.69) is 20.3 Å². The lowest BCUT2D eigenvalue weighted by atomic mass is 10.1. The number of hydrogen-bond donors (Lipinski definition) is 2. The maximum absolute atomic E-state index is 12.8. The molecule has 4 nitrogen and oxygen atoms in total. The number of nitrogens with zero attached hydrogens (tertiary/aromatic N) is 2. The molecule has 2 heterocycles. The standard InChI is InChI=1S/C17H11F3N4/c18-17(19,20)12-2-1-11-9-22-16(24-15(11)8-12)23-13-3-4-14-10(7-13)5-6-21-14/h1-9,21H,(H,22,23,24). The molecule has 4 aromatic rings. The second kappa shape index (κ2) is 5.23. The fourth-order valence-corrected chi connectivity index (χ4v) is 2.52. The Labute approximate surface area is 134 Å². The number of fused-ring (bicyclic) bond motifs is 2. The maximum Gasteiger partial charge on any atom is 0.416 e. The molecule has 2 N–H and O–H groups in total. The van der Waals surface area contributed by atoms with Crippen molar-refractivity contribution in [2.45, 2.75) is 6.18 Å². The third-order valence-corrected chi connectivity index (χ3v) is 3.72. The molecule has 0 saturated heterocycles. The molecule has 24 heavy (non-hydrogen) atoms. The smallest absolute Gasteiger partial charge is 0.361 e. The topological polar surface area (TPSA) is 53.6 Å². The van der Waals surface area contributed by atoms with Gasteiger partial charge in [0.2, 0.25) is 5.95 Å². The zero-order chi connectivity index (χ0) is 16.7. The van der Waals surface area contributed by atoms with Crippen LogP contribution < -0.4 is 5.32 Å². The molecule has 0 saturated carbocycles. The average Bonchev–Trinajstić information content (AvgIpc) is 3.01. The van der Waals surface area contributed by atoms with E-state index in [1.54, 1.807) is 0 Å². The molecule has 120 valence electrons. The summed E-state index contributed by atoms with van der Waals surface area (Å²) in [5, 5.41) is 4.58. The Balaban J connectivity index is 1.70. The number of aromatic nitrogens is 3. The summed E-state index contributed by atoms with van der Waals surface area (Å²) in [4.78, 5) is 11.4. The average molecular weight is 328 g/mol. The normalized spacial score (nSPS) is 12.0. The molecule has 0 aliphatic carbocycles. The summed E-state index contributed by atoms with van der Waals surface area (Å²) >= 11 is 0. The molecule has 0 spiro atoms. The van der Waals surface area contributed by atoms with Crippen molar-refractivity contribution < 1.29 is 13.2 Å². The van der Waals surface area contributed by atoms with E-state index < -0.39 is 11.7 Å². The number of hydrogen-bond acceptors (Lipinski definition) is 3. The molecule has 2 aromatic heterocycles. The SMILES string of the molecule is FC(F)(F)c1ccc2cnc(Nc3ccc4[nH]ccc4c3)nc2c1. The van der Waals surface area contributed by atoms with Gasteiger partial charge in [0.25, 0.3) is 0 Å². The highest BCUT2D eigenvalue weighted by Crippen LogP contribution is 2.31. The summed E-state index contributed by atoms with van der Waals surface area (Å²) in [5.74, 6) is 0.247. The van der Waals surface area contributed by atoms with E-state index in [0.29, 0.717) is 5.39 Å². The van der Waals surface area contributed by atoms with E-state index in [-0.39, 0.29) is 11.5 Å². The monoisotopic (exact) mass is 328 g/mol. The second-order valence-electron chi connectivity index (χ2n) is 5.37. The van der Waals surface area contributed by atoms with Crippen molar-refractivity contribution in [3.05, 3.63) is 60.4 Å². The van der Waals surface area contributed by atoms with Crippen LogP contribution in [0.1, 0.15) is 5.56 Å². The molecule has 2 aromatic carbocycles. The Morgan fingerprint density at radius 3 is 2.67 bits per heavy atom. The van der Waals surface area contributed by atoms with Crippen LogP contribution in [-0.4, -0.2) is 15.0 Å². The van der Waals surface area contributed by atoms with Crippen molar-refractivity contribution in [1.82, 2.24) is 15.0 Å². The van der Waals surface area contributed by atoms with Crippen molar-refractivity contribution in [1.29, 1.82) is 0 Å². The quantitative estimate of drug-likeness (QED) is 0.552. The molecular formula is C17H11F3N4. The molecule has 0 aliphatic heterocycles. The van der Waals surface area contributed by atoms with Gasteiger partial charge in [0.15, 0.2) is 0 Å². The summed E-state index contributed by atoms with van der Waals surface area (Å²) < 4.78 is 38.5. The highest BCUT2D eigenvalue weighted by Gasteiger charge is 2.30. The van der Waals surface area contributed by atoms with Crippen molar-refractivity contribution in [2.75, 3.05) is 5.32 Å². The molecule has 0 aliphatic rings. The number of rotatable bonds is 2. The van der Waals surface area contributed by atoms with E-state index in [4.69, 9.17) is 0 Å². The lowest BCUT2D eigenvalue weighted by Gasteiger charge is -2.09. The maximum atomic E-state index is 12.8. The van der Waals surface area contributed by atoms with Gasteiger partial charge in [-0.25, -0.2) is 9.97 Å². The lowest BCUT2D eigenvalue weighted by Crippen LogP contribution is -2.05. The molecule has 0 amide bonds. The Hall–Kier alpha value is -3.09. The van der Waals surface area contributed by atoms with Crippen LogP contribution in [0, 0.1) is 0 Å². The summed E-state index contributed by atoms with van der Waals surface area (Å²) in [7, 11) is 0. The number of benzene rings is 2. The van der Waals surface area contributed by atoms with Crippen molar-refractivity contribution in [3.63, 3.8) is 0 Å². The van der Waals surface area contributed by atoms with E-state index >= 15 is 0 Å². The summed E-state index contributed by atoms with van der Waals surface area (Å²) in [6.45, 7) is 0. The van der Waals surface area contributed by atoms with Gasteiger partial charge in [0.05, 0.1) is 11.1 Å². The predicted molar refractivity (Wildman–Crippen MR) is 86.1 cm³/mol. The Kier molecular flexibility index (Phi) is 3.16. The minimum Gasteiger partial charge on any atom is -0.361 e. The summed E-state index contributed by atoms with van der Waals surface area (Å²) in [6.07, 6.45) is -1.06. The lowest BCUT2D eigenvalue weighted by molar-refractivity contribution is -0.137. The fourth-order valence-electron chi connectivity index (χ4n) is 2.52. The molecule has 0 radical (unpaired) electrons. The molecule has 7 heteroatoms. The van der Waals surface area contributed by atoms with Gasteiger partial charge in [-0.05, 0) is 36.4 Å². The van der Waals surface area contributed by atoms with Crippen LogP contribution in [0.15, 0.2) is 54.9 Å². The number of aromatic amines is 1. The van der Waals surface area contributed by atoms with Crippen molar-refractivity contribution >= 4 is 33.4 Å². The largest absolute Gasteiger partial charge is 0.416 e. The van der Waals surface area contributed by atoms with Gasteiger partial charge in [0.1, 0.15) is 0 Å². The third kappa shape index (κ3) is 2.64. The van der Waals surface area contributed by atoms with Crippen LogP contribution in [-0.2, 0) is 6.18 Å². The summed E-state index contributed by atoms with van der Waals surface area (Å²) in [6, 6.07) is 11.0. The van der Waals surface area contributed by atoms with E-state index in [9.17, 15) is 13.2 Å². The number of H-pyrrole nitrogens is 1. The number of alkyl halides is 3. The van der Waals surface area contributed by atoms with E-state index in [1.807, 2.05) is 30.5 Å². The first-order chi connectivity index (χ1) is 11.5. The molecule has 0 atom stereocenters. The Bertz CT molecular complexity index is 1040. The fraction of sp³-hybridized carbons (Fsp3) is 0.0588. The minimum absolute atomic E-state index is 0.241. The minimum atomic E-state index is -4.40. The van der Waals surface area contributed by atoms with Gasteiger partial charge >= 0.3 is 6.18 Å². The molecule has 0 unspecified atom stereocenters. The first-order valence-electron chi connectivity index (χ1n) is 7.17. The van der Waals surface area contributed by atoms with E-state index in [0.717, 1.165) is 28.7 Å². The highest BCUT2D eigenvalue weighted by atomic mass is 19.4. The summed E-state index contributed by atoms with van der Waals surface area (Å²) in [5.41, 5.74) is 1.27. The van der Waals surface area contributed by atoms with Crippen LogP contribution in [0.2, 0.25) is 0 Å². The Morgan fingerprint density at radius 1 is 0.958 bits per heavy atom. The van der Waals surface area contributed by atoms with Gasteiger partial charge in [-0.3, -0.25) is 0 Å². The van der Waals surface area contributed by atoms with Gasteiger partial charge in [-0.2, -0.15) is 13.2 Å². The molecular weight excluding hydrogens is 317 g/mol. The van der Waals surface area contributed by atoms with Crippen LogP contribution >= 0.6 is 0 Å². The van der Waals surface area contributed by atoms with E-state index in [1.165, 1.54) is 12.3 Å². The second-order valence-corrected chi connectivity index (χ2v) is 5.37. The van der Waals surface area contributed by atoms with Crippen LogP contribution in [0.5, 0.6) is 0 Å². The van der Waals surface area contributed by atoms with Gasteiger partial charge in [-0.1, -0.05) is 6.07 Å². The third-order valence-electron chi connectivity index (χ3n) is 3.72. The van der Waals surface area contributed by atoms with Crippen LogP contribution in [0.25, 0.3) is 21.8 Å². The number of halogens is 3. The van der Waals surface area contributed by atoms with Crippen LogP contribution in [0.4, 0.5) is 24.8 Å². The molecule has 0 fully saturated rings. The first-order valence-corrected chi connectivity index (χ1v) is 7.17. The predicted octanol–water partition coefficient (Wildman–Crippen LogP) is 4.87. The van der Waals surface area contributed by atoms with Crippen LogP contribution in [0.3, 0.4) is 0 Å². The van der Waals surface area contributed by atoms with Gasteiger partial charge < -0.3 is 10.3 Å². The molecule has 4 rings (SSSR count). The first kappa shape index (κ1) is 14.5. The van der Waals surface area contributed by atoms with Gasteiger partial charge in [0, 0.05) is 34.4 Å². The van der Waals surface area contributed by atoms with Crippen molar-refractivity contribution in [3.8, 4) is 0 Å². The highest BCUT2D eigenvalue weighted by molar-refractivity contribution is 5.84. The Morgan fingerprint density at radius 2 is 1.83 bits per heavy atom. The molecule has 0 bridgehead atoms. The zero-order valence-corrected chi connectivity index (χ0v) is 12.2. The van der Waals surface area contributed by atoms with Gasteiger partial charge in [-0.15, -0.1) is 0 Å². The number of nitrogens with one attached hydrogen (secondary N) is 2. The zero-order valence-electron chi connectivity index (χ0n) is 12.2.